The molecule has 1 fully saturated rings. The van der Waals surface area contributed by atoms with Gasteiger partial charge in [0.25, 0.3) is 5.91 Å². The summed E-state index contributed by atoms with van der Waals surface area (Å²) in [6.07, 6.45) is -0.0948. The Hall–Kier alpha value is -3.16. The lowest BCUT2D eigenvalue weighted by Gasteiger charge is -2.09. The van der Waals surface area contributed by atoms with Crippen LogP contribution in [0.25, 0.3) is 5.69 Å². The van der Waals surface area contributed by atoms with Crippen molar-refractivity contribution in [1.29, 1.82) is 0 Å². The molecule has 0 spiro atoms. The first-order valence-corrected chi connectivity index (χ1v) is 7.94. The molecule has 1 aromatic carbocycles. The molecule has 8 nitrogen and oxygen atoms in total. The van der Waals surface area contributed by atoms with Gasteiger partial charge in [-0.15, -0.1) is 0 Å². The molecule has 8 heteroatoms. The number of hydrogen-bond donors (Lipinski definition) is 3. The number of nitrogens with one attached hydrogen (secondary N) is 3. The highest BCUT2D eigenvalue weighted by Crippen LogP contribution is 2.17. The summed E-state index contributed by atoms with van der Waals surface area (Å²) in [4.78, 5) is 34.6. The third-order valence-electron chi connectivity index (χ3n) is 4.15. The number of aryl methyl sites for hydroxylation is 1. The van der Waals surface area contributed by atoms with Crippen LogP contribution in [0.3, 0.4) is 0 Å². The summed E-state index contributed by atoms with van der Waals surface area (Å²) >= 11 is 0. The van der Waals surface area contributed by atoms with E-state index in [9.17, 15) is 14.4 Å². The lowest BCUT2D eigenvalue weighted by atomic mass is 10.1. The van der Waals surface area contributed by atoms with Crippen LogP contribution in [0.4, 0.5) is 4.79 Å². The van der Waals surface area contributed by atoms with Crippen LogP contribution >= 0.6 is 0 Å². The third-order valence-corrected chi connectivity index (χ3v) is 4.15. The van der Waals surface area contributed by atoms with Crippen LogP contribution in [-0.4, -0.2) is 33.7 Å². The number of amides is 4. The van der Waals surface area contributed by atoms with Gasteiger partial charge in [0, 0.05) is 17.8 Å². The zero-order chi connectivity index (χ0) is 18.0. The highest BCUT2D eigenvalue weighted by atomic mass is 16.2. The summed E-state index contributed by atoms with van der Waals surface area (Å²) in [6.45, 7) is 4.14. The molecule has 0 bridgehead atoms. The minimum atomic E-state index is -0.818. The fraction of sp³-hybridized carbons (Fsp3) is 0.294. The standard InChI is InChI=1S/C17H19N5O3/c1-10-13(11(2)22(21-10)12-6-4-3-5-7-12)9-18-15(23)8-14-16(24)20-17(25)19-14/h3-7,14H,8-9H2,1-2H3,(H,18,23)(H2,19,20,24,25)/t14-/m1/s1. The third kappa shape index (κ3) is 3.52. The SMILES string of the molecule is Cc1nn(-c2ccccc2)c(C)c1CNC(=O)C[C@H]1NC(=O)NC1=O. The van der Waals surface area contributed by atoms with Crippen molar-refractivity contribution in [3.63, 3.8) is 0 Å². The van der Waals surface area contributed by atoms with Crippen LogP contribution in [0.2, 0.25) is 0 Å². The first kappa shape index (κ1) is 16.7. The molecule has 0 unspecified atom stereocenters. The maximum Gasteiger partial charge on any atom is 0.322 e. The maximum absolute atomic E-state index is 12.1. The topological polar surface area (TPSA) is 105 Å². The summed E-state index contributed by atoms with van der Waals surface area (Å²) in [5.74, 6) is -0.794. The second kappa shape index (κ2) is 6.76. The van der Waals surface area contributed by atoms with Crippen molar-refractivity contribution >= 4 is 17.8 Å². The van der Waals surface area contributed by atoms with Gasteiger partial charge in [-0.1, -0.05) is 18.2 Å². The van der Waals surface area contributed by atoms with E-state index in [0.29, 0.717) is 6.54 Å². The molecule has 0 radical (unpaired) electrons. The van der Waals surface area contributed by atoms with E-state index < -0.39 is 18.0 Å². The van der Waals surface area contributed by atoms with E-state index in [2.05, 4.69) is 21.0 Å². The van der Waals surface area contributed by atoms with Gasteiger partial charge in [0.05, 0.1) is 17.8 Å². The molecule has 3 rings (SSSR count). The predicted octanol–water partition coefficient (Wildman–Crippen LogP) is 0.703. The number of para-hydroxylation sites is 1. The number of benzene rings is 1. The Kier molecular flexibility index (Phi) is 4.51. The number of aromatic nitrogens is 2. The molecule has 1 aliphatic rings. The zero-order valence-corrected chi connectivity index (χ0v) is 14.0. The van der Waals surface area contributed by atoms with Crippen LogP contribution in [0.1, 0.15) is 23.4 Å². The van der Waals surface area contributed by atoms with Crippen molar-refractivity contribution in [3.8, 4) is 5.69 Å². The first-order chi connectivity index (χ1) is 12.0. The molecule has 1 aromatic heterocycles. The van der Waals surface area contributed by atoms with Crippen LogP contribution in [0.5, 0.6) is 0 Å². The molecule has 1 aliphatic heterocycles. The van der Waals surface area contributed by atoms with Crippen LogP contribution in [-0.2, 0) is 16.1 Å². The number of imide groups is 1. The monoisotopic (exact) mass is 341 g/mol. The van der Waals surface area contributed by atoms with E-state index in [1.807, 2.05) is 48.9 Å². The fourth-order valence-electron chi connectivity index (χ4n) is 2.80. The Morgan fingerprint density at radius 3 is 2.60 bits per heavy atom. The molecular weight excluding hydrogens is 322 g/mol. The van der Waals surface area contributed by atoms with Gasteiger partial charge in [0.2, 0.25) is 5.91 Å². The van der Waals surface area contributed by atoms with Gasteiger partial charge in [-0.25, -0.2) is 9.48 Å². The van der Waals surface area contributed by atoms with Gasteiger partial charge in [0.1, 0.15) is 6.04 Å². The fourth-order valence-corrected chi connectivity index (χ4v) is 2.80. The van der Waals surface area contributed by atoms with Crippen LogP contribution in [0.15, 0.2) is 30.3 Å². The Morgan fingerprint density at radius 1 is 1.24 bits per heavy atom. The number of hydrogen-bond acceptors (Lipinski definition) is 4. The van der Waals surface area contributed by atoms with Crippen LogP contribution < -0.4 is 16.0 Å². The molecule has 4 amide bonds. The lowest BCUT2D eigenvalue weighted by molar-refractivity contribution is -0.126. The lowest BCUT2D eigenvalue weighted by Crippen LogP contribution is -2.36. The molecule has 0 saturated carbocycles. The molecule has 25 heavy (non-hydrogen) atoms. The molecule has 130 valence electrons. The number of rotatable bonds is 5. The number of nitrogens with zero attached hydrogens (tertiary/aromatic N) is 2. The van der Waals surface area contributed by atoms with Gasteiger partial charge in [-0.3, -0.25) is 14.9 Å². The molecule has 0 aliphatic carbocycles. The van der Waals surface area contributed by atoms with E-state index in [-0.39, 0.29) is 12.3 Å². The van der Waals surface area contributed by atoms with E-state index in [1.54, 1.807) is 0 Å². The largest absolute Gasteiger partial charge is 0.352 e. The predicted molar refractivity (Wildman–Crippen MR) is 90.0 cm³/mol. The van der Waals surface area contributed by atoms with Gasteiger partial charge in [-0.05, 0) is 26.0 Å². The van der Waals surface area contributed by atoms with E-state index >= 15 is 0 Å². The van der Waals surface area contributed by atoms with Crippen molar-refractivity contribution in [1.82, 2.24) is 25.7 Å². The van der Waals surface area contributed by atoms with Crippen molar-refractivity contribution in [2.24, 2.45) is 0 Å². The van der Waals surface area contributed by atoms with Crippen molar-refractivity contribution in [3.05, 3.63) is 47.3 Å². The summed E-state index contributed by atoms with van der Waals surface area (Å²) < 4.78 is 1.83. The summed E-state index contributed by atoms with van der Waals surface area (Å²) in [6, 6.07) is 8.35. The van der Waals surface area contributed by atoms with Gasteiger partial charge >= 0.3 is 6.03 Å². The van der Waals surface area contributed by atoms with Gasteiger partial charge in [-0.2, -0.15) is 5.10 Å². The molecule has 2 aromatic rings. The number of carbonyl (C=O) groups is 3. The normalized spacial score (nSPS) is 16.5. The second-order valence-corrected chi connectivity index (χ2v) is 5.89. The first-order valence-electron chi connectivity index (χ1n) is 7.94. The average molecular weight is 341 g/mol. The summed E-state index contributed by atoms with van der Waals surface area (Å²) in [5, 5.41) is 11.8. The van der Waals surface area contributed by atoms with E-state index in [4.69, 9.17) is 0 Å². The van der Waals surface area contributed by atoms with Gasteiger partial charge in [0.15, 0.2) is 0 Å². The molecule has 1 saturated heterocycles. The Morgan fingerprint density at radius 2 is 1.96 bits per heavy atom. The highest BCUT2D eigenvalue weighted by Gasteiger charge is 2.31. The van der Waals surface area contributed by atoms with Crippen molar-refractivity contribution < 1.29 is 14.4 Å². The molecule has 3 N–H and O–H groups in total. The minimum Gasteiger partial charge on any atom is -0.352 e. The summed E-state index contributed by atoms with van der Waals surface area (Å²) in [5.41, 5.74) is 3.65. The highest BCUT2D eigenvalue weighted by molar-refractivity contribution is 6.05. The molecule has 2 heterocycles. The Labute approximate surface area is 144 Å². The van der Waals surface area contributed by atoms with Gasteiger partial charge < -0.3 is 10.6 Å². The Bertz CT molecular complexity index is 828. The van der Waals surface area contributed by atoms with Crippen molar-refractivity contribution in [2.75, 3.05) is 0 Å². The van der Waals surface area contributed by atoms with E-state index in [1.165, 1.54) is 0 Å². The molecular formula is C17H19N5O3. The second-order valence-electron chi connectivity index (χ2n) is 5.89. The van der Waals surface area contributed by atoms with E-state index in [0.717, 1.165) is 22.6 Å². The number of carbonyl (C=O) groups excluding carboxylic acids is 3. The minimum absolute atomic E-state index is 0.0948. The zero-order valence-electron chi connectivity index (χ0n) is 14.0. The Balaban J connectivity index is 1.65. The smallest absolute Gasteiger partial charge is 0.322 e. The molecule has 1 atom stereocenters. The van der Waals surface area contributed by atoms with Crippen LogP contribution in [0, 0.1) is 13.8 Å². The van der Waals surface area contributed by atoms with Crippen molar-refractivity contribution in [2.45, 2.75) is 32.9 Å². The summed E-state index contributed by atoms with van der Waals surface area (Å²) in [7, 11) is 0. The quantitative estimate of drug-likeness (QED) is 0.696. The maximum atomic E-state index is 12.1. The average Bonchev–Trinajstić information content (AvgIpc) is 3.05. The number of urea groups is 1.